The number of rotatable bonds is 8. The summed E-state index contributed by atoms with van der Waals surface area (Å²) >= 11 is 0. The minimum Gasteiger partial charge on any atom is -0.497 e. The third kappa shape index (κ3) is 8.44. The molecule has 0 aromatic heterocycles. The van der Waals surface area contributed by atoms with Crippen LogP contribution in [0.4, 0.5) is 18.9 Å². The Balaban J connectivity index is 1.73. The van der Waals surface area contributed by atoms with Gasteiger partial charge in [0.15, 0.2) is 0 Å². The van der Waals surface area contributed by atoms with Crippen LogP contribution in [-0.4, -0.2) is 80.6 Å². The van der Waals surface area contributed by atoms with Gasteiger partial charge in [0, 0.05) is 24.7 Å². The number of anilines is 1. The van der Waals surface area contributed by atoms with Crippen LogP contribution in [0.2, 0.25) is 0 Å². The number of alkyl halides is 3. The molecule has 3 amide bonds. The predicted octanol–water partition coefficient (Wildman–Crippen LogP) is 1.48. The lowest BCUT2D eigenvalue weighted by Crippen LogP contribution is -2.46. The highest BCUT2D eigenvalue weighted by atomic mass is 19.4. The summed E-state index contributed by atoms with van der Waals surface area (Å²) in [6.07, 6.45) is -3.69. The number of halogens is 3. The van der Waals surface area contributed by atoms with Gasteiger partial charge in [0.1, 0.15) is 12.3 Å². The van der Waals surface area contributed by atoms with Gasteiger partial charge in [-0.2, -0.15) is 13.2 Å². The molecule has 8 nitrogen and oxygen atoms in total. The fourth-order valence-electron chi connectivity index (χ4n) is 3.20. The van der Waals surface area contributed by atoms with Crippen molar-refractivity contribution >= 4 is 23.4 Å². The van der Waals surface area contributed by atoms with Crippen molar-refractivity contribution in [1.29, 1.82) is 0 Å². The Labute approximate surface area is 178 Å². The van der Waals surface area contributed by atoms with E-state index in [-0.39, 0.29) is 24.9 Å². The Morgan fingerprint density at radius 1 is 1.23 bits per heavy atom. The minimum atomic E-state index is -4.44. The molecule has 0 unspecified atom stereocenters. The zero-order chi connectivity index (χ0) is 23.0. The van der Waals surface area contributed by atoms with E-state index in [4.69, 9.17) is 4.74 Å². The second-order valence-corrected chi connectivity index (χ2v) is 7.41. The number of nitrogens with zero attached hydrogens (tertiary/aromatic N) is 2. The van der Waals surface area contributed by atoms with Gasteiger partial charge in [-0.1, -0.05) is 6.07 Å². The smallest absolute Gasteiger partial charge is 0.405 e. The van der Waals surface area contributed by atoms with Gasteiger partial charge in [0.2, 0.25) is 17.7 Å². The Bertz CT molecular complexity index is 780. The van der Waals surface area contributed by atoms with Gasteiger partial charge >= 0.3 is 6.18 Å². The molecule has 0 atom stereocenters. The summed E-state index contributed by atoms with van der Waals surface area (Å²) in [6, 6.07) is 6.84. The van der Waals surface area contributed by atoms with Crippen molar-refractivity contribution in [1.82, 2.24) is 15.1 Å². The lowest BCUT2D eigenvalue weighted by atomic mass is 9.96. The quantitative estimate of drug-likeness (QED) is 0.634. The van der Waals surface area contributed by atoms with Crippen molar-refractivity contribution in [3.05, 3.63) is 24.3 Å². The molecule has 1 saturated heterocycles. The van der Waals surface area contributed by atoms with Crippen LogP contribution in [0.1, 0.15) is 12.8 Å². The molecular formula is C20H27F3N4O4. The summed E-state index contributed by atoms with van der Waals surface area (Å²) in [5.74, 6) is -1.14. The number of benzene rings is 1. The molecular weight excluding hydrogens is 417 g/mol. The maximum atomic E-state index is 12.4. The Kier molecular flexibility index (Phi) is 8.66. The second kappa shape index (κ2) is 11.0. The van der Waals surface area contributed by atoms with E-state index in [0.717, 1.165) is 0 Å². The molecule has 0 spiro atoms. The summed E-state index contributed by atoms with van der Waals surface area (Å²) in [5, 5.41) is 4.60. The molecule has 1 aromatic rings. The van der Waals surface area contributed by atoms with Gasteiger partial charge in [0.25, 0.3) is 0 Å². The van der Waals surface area contributed by atoms with Crippen LogP contribution < -0.4 is 15.4 Å². The number of hydrogen-bond donors (Lipinski definition) is 2. The maximum Gasteiger partial charge on any atom is 0.405 e. The third-order valence-electron chi connectivity index (χ3n) is 4.94. The molecule has 0 bridgehead atoms. The lowest BCUT2D eigenvalue weighted by Gasteiger charge is -2.31. The molecule has 0 saturated carbocycles. The first-order chi connectivity index (χ1) is 14.6. The first-order valence-electron chi connectivity index (χ1n) is 9.82. The number of amides is 3. The molecule has 1 heterocycles. The summed E-state index contributed by atoms with van der Waals surface area (Å²) in [6.45, 7) is -0.571. The standard InChI is InChI=1S/C20H27F3N4O4/c1-26(11-17(28)25-15-4-3-5-16(10-15)31-2)18(29)12-27-8-6-14(7-9-27)19(30)24-13-20(21,22)23/h3-5,10,14H,6-9,11-13H2,1-2H3,(H,24,30)(H,25,28). The molecule has 1 fully saturated rings. The van der Waals surface area contributed by atoms with E-state index < -0.39 is 24.5 Å². The Morgan fingerprint density at radius 3 is 2.52 bits per heavy atom. The molecule has 11 heteroatoms. The highest BCUT2D eigenvalue weighted by molar-refractivity contribution is 5.94. The van der Waals surface area contributed by atoms with Gasteiger partial charge in [-0.15, -0.1) is 0 Å². The first-order valence-corrected chi connectivity index (χ1v) is 9.82. The van der Waals surface area contributed by atoms with E-state index in [2.05, 4.69) is 5.32 Å². The topological polar surface area (TPSA) is 91.0 Å². The fourth-order valence-corrected chi connectivity index (χ4v) is 3.20. The van der Waals surface area contributed by atoms with Crippen LogP contribution in [0.3, 0.4) is 0 Å². The summed E-state index contributed by atoms with van der Waals surface area (Å²) in [7, 11) is 3.04. The highest BCUT2D eigenvalue weighted by Gasteiger charge is 2.31. The van der Waals surface area contributed by atoms with Crippen LogP contribution in [0.15, 0.2) is 24.3 Å². The number of piperidine rings is 1. The minimum absolute atomic E-state index is 0.0693. The van der Waals surface area contributed by atoms with E-state index >= 15 is 0 Å². The van der Waals surface area contributed by atoms with Crippen LogP contribution in [0.5, 0.6) is 5.75 Å². The van der Waals surface area contributed by atoms with Crippen LogP contribution in [0, 0.1) is 5.92 Å². The van der Waals surface area contributed by atoms with Crippen molar-refractivity contribution in [2.75, 3.05) is 52.2 Å². The molecule has 0 radical (unpaired) electrons. The van der Waals surface area contributed by atoms with E-state index in [1.807, 2.05) is 10.2 Å². The van der Waals surface area contributed by atoms with Gasteiger partial charge in [-0.05, 0) is 38.1 Å². The van der Waals surface area contributed by atoms with E-state index in [1.54, 1.807) is 24.3 Å². The predicted molar refractivity (Wildman–Crippen MR) is 107 cm³/mol. The average Bonchev–Trinajstić information content (AvgIpc) is 2.72. The molecule has 1 aromatic carbocycles. The van der Waals surface area contributed by atoms with Crippen molar-refractivity contribution in [3.8, 4) is 5.75 Å². The van der Waals surface area contributed by atoms with E-state index in [1.165, 1.54) is 19.1 Å². The largest absolute Gasteiger partial charge is 0.497 e. The number of hydrogen-bond acceptors (Lipinski definition) is 5. The number of carbonyl (C=O) groups excluding carboxylic acids is 3. The monoisotopic (exact) mass is 444 g/mol. The Morgan fingerprint density at radius 2 is 1.90 bits per heavy atom. The number of carbonyl (C=O) groups is 3. The first kappa shape index (κ1) is 24.4. The number of ether oxygens (including phenoxy) is 1. The fraction of sp³-hybridized carbons (Fsp3) is 0.550. The van der Waals surface area contributed by atoms with E-state index in [9.17, 15) is 27.6 Å². The molecule has 1 aliphatic heterocycles. The molecule has 1 aliphatic rings. The third-order valence-corrected chi connectivity index (χ3v) is 4.94. The highest BCUT2D eigenvalue weighted by Crippen LogP contribution is 2.19. The number of methoxy groups -OCH3 is 1. The molecule has 2 rings (SSSR count). The zero-order valence-electron chi connectivity index (χ0n) is 17.5. The normalized spacial score (nSPS) is 15.3. The number of nitrogens with one attached hydrogen (secondary N) is 2. The van der Waals surface area contributed by atoms with Crippen LogP contribution in [-0.2, 0) is 14.4 Å². The lowest BCUT2D eigenvalue weighted by molar-refractivity contribution is -0.142. The second-order valence-electron chi connectivity index (χ2n) is 7.41. The summed E-state index contributed by atoms with van der Waals surface area (Å²) in [5.41, 5.74) is 0.552. The van der Waals surface area contributed by atoms with Crippen molar-refractivity contribution < 1.29 is 32.3 Å². The number of likely N-dealkylation sites (tertiary alicyclic amines) is 1. The van der Waals surface area contributed by atoms with Gasteiger partial charge < -0.3 is 20.3 Å². The SMILES string of the molecule is COc1cccc(NC(=O)CN(C)C(=O)CN2CCC(C(=O)NCC(F)(F)F)CC2)c1. The Hall–Kier alpha value is -2.82. The van der Waals surface area contributed by atoms with Gasteiger partial charge in [-0.3, -0.25) is 19.3 Å². The molecule has 0 aliphatic carbocycles. The van der Waals surface area contributed by atoms with Crippen molar-refractivity contribution in [3.63, 3.8) is 0 Å². The van der Waals surface area contributed by atoms with Crippen molar-refractivity contribution in [2.45, 2.75) is 19.0 Å². The zero-order valence-corrected chi connectivity index (χ0v) is 17.5. The summed E-state index contributed by atoms with van der Waals surface area (Å²) in [4.78, 5) is 39.6. The van der Waals surface area contributed by atoms with E-state index in [0.29, 0.717) is 37.4 Å². The van der Waals surface area contributed by atoms with Crippen molar-refractivity contribution in [2.24, 2.45) is 5.92 Å². The van der Waals surface area contributed by atoms with Gasteiger partial charge in [-0.25, -0.2) is 0 Å². The van der Waals surface area contributed by atoms with Crippen LogP contribution >= 0.6 is 0 Å². The number of likely N-dealkylation sites (N-methyl/N-ethyl adjacent to an activating group) is 1. The van der Waals surface area contributed by atoms with Crippen LogP contribution in [0.25, 0.3) is 0 Å². The molecule has 31 heavy (non-hydrogen) atoms. The molecule has 172 valence electrons. The molecule has 2 N–H and O–H groups in total. The maximum absolute atomic E-state index is 12.4. The summed E-state index contributed by atoms with van der Waals surface area (Å²) < 4.78 is 41.7. The average molecular weight is 444 g/mol. The van der Waals surface area contributed by atoms with Gasteiger partial charge in [0.05, 0.1) is 20.2 Å².